The van der Waals surface area contributed by atoms with Crippen LogP contribution in [0.5, 0.6) is 17.2 Å². The van der Waals surface area contributed by atoms with Crippen LogP contribution in [0.25, 0.3) is 0 Å². The molecule has 2 atom stereocenters. The second-order valence-electron chi connectivity index (χ2n) is 6.58. The number of ether oxygens (including phenoxy) is 3. The summed E-state index contributed by atoms with van der Waals surface area (Å²) in [4.78, 5) is 2.35. The molecule has 2 aromatic rings. The average Bonchev–Trinajstić information content (AvgIpc) is 2.92. The number of rotatable bonds is 8. The molecule has 0 fully saturated rings. The summed E-state index contributed by atoms with van der Waals surface area (Å²) in [5.74, 6) is 5.16. The summed E-state index contributed by atoms with van der Waals surface area (Å²) >= 11 is 3.67. The molecule has 0 radical (unpaired) electrons. The van der Waals surface area contributed by atoms with Crippen molar-refractivity contribution in [3.8, 4) is 17.2 Å². The molecule has 0 aliphatic carbocycles. The third-order valence-electron chi connectivity index (χ3n) is 4.37. The molecule has 0 saturated heterocycles. The molecule has 0 saturated carbocycles. The molecule has 1 heterocycles. The lowest BCUT2D eigenvalue weighted by Crippen LogP contribution is -2.39. The van der Waals surface area contributed by atoms with Gasteiger partial charge in [0.25, 0.3) is 0 Å². The summed E-state index contributed by atoms with van der Waals surface area (Å²) in [5.41, 5.74) is 0. The van der Waals surface area contributed by atoms with Gasteiger partial charge in [0.1, 0.15) is 12.4 Å². The maximum absolute atomic E-state index is 5.96. The smallest absolute Gasteiger partial charge is 0.174 e. The predicted octanol–water partition coefficient (Wildman–Crippen LogP) is 4.57. The Balaban J connectivity index is 1.46. The largest absolute Gasteiger partial charge is 0.493 e. The Morgan fingerprint density at radius 3 is 2.85 bits per heavy atom. The third-order valence-corrected chi connectivity index (χ3v) is 6.96. The van der Waals surface area contributed by atoms with Crippen molar-refractivity contribution in [2.24, 2.45) is 5.92 Å². The first-order valence-electron chi connectivity index (χ1n) is 9.13. The number of fused-ring (bicyclic) bond motifs is 1. The van der Waals surface area contributed by atoms with Crippen LogP contribution >= 0.6 is 23.5 Å². The lowest BCUT2D eigenvalue weighted by Gasteiger charge is -2.19. The van der Waals surface area contributed by atoms with E-state index in [1.807, 2.05) is 47.8 Å². The maximum atomic E-state index is 5.96. The normalized spacial score (nSPS) is 17.4. The summed E-state index contributed by atoms with van der Waals surface area (Å²) in [6.45, 7) is 3.95. The fourth-order valence-corrected chi connectivity index (χ4v) is 4.98. The van der Waals surface area contributed by atoms with Crippen molar-refractivity contribution < 1.29 is 14.2 Å². The summed E-state index contributed by atoms with van der Waals surface area (Å²) < 4.78 is 16.9. The zero-order valence-corrected chi connectivity index (χ0v) is 17.7. The van der Waals surface area contributed by atoms with Crippen molar-refractivity contribution in [1.82, 2.24) is 5.32 Å². The minimum atomic E-state index is 0.362. The lowest BCUT2D eigenvalue weighted by molar-refractivity contribution is 0.270. The zero-order chi connectivity index (χ0) is 19.1. The van der Waals surface area contributed by atoms with Gasteiger partial charge in [0, 0.05) is 16.4 Å². The summed E-state index contributed by atoms with van der Waals surface area (Å²) in [7, 11) is 3.36. The van der Waals surface area contributed by atoms with E-state index >= 15 is 0 Å². The first-order chi connectivity index (χ1) is 13.2. The van der Waals surface area contributed by atoms with Crippen LogP contribution in [-0.2, 0) is 0 Å². The standard InChI is InChI=1S/C21H27NO3S2/c1-15(13-26-20-10-6-8-18(23-2)21(20)24-3)11-22-16-12-25-17-7-4-5-9-19(17)27-14-16/h4-10,15-16,22H,11-14H2,1-3H3. The van der Waals surface area contributed by atoms with E-state index in [-0.39, 0.29) is 0 Å². The molecule has 2 unspecified atom stereocenters. The highest BCUT2D eigenvalue weighted by atomic mass is 32.2. The minimum absolute atomic E-state index is 0.362. The number of hydrogen-bond acceptors (Lipinski definition) is 6. The van der Waals surface area contributed by atoms with Crippen LogP contribution in [0.3, 0.4) is 0 Å². The molecule has 1 aliphatic rings. The molecule has 0 aromatic heterocycles. The SMILES string of the molecule is COc1cccc(SCC(C)CNC2COc3ccccc3SC2)c1OC. The van der Waals surface area contributed by atoms with Gasteiger partial charge < -0.3 is 19.5 Å². The van der Waals surface area contributed by atoms with Crippen molar-refractivity contribution in [2.75, 3.05) is 38.9 Å². The van der Waals surface area contributed by atoms with Gasteiger partial charge in [-0.1, -0.05) is 25.1 Å². The van der Waals surface area contributed by atoms with Gasteiger partial charge in [-0.3, -0.25) is 0 Å². The van der Waals surface area contributed by atoms with Gasteiger partial charge in [-0.15, -0.1) is 23.5 Å². The molecule has 4 nitrogen and oxygen atoms in total. The van der Waals surface area contributed by atoms with Crippen LogP contribution in [0.2, 0.25) is 0 Å². The van der Waals surface area contributed by atoms with Crippen molar-refractivity contribution in [3.63, 3.8) is 0 Å². The Morgan fingerprint density at radius 1 is 1.19 bits per heavy atom. The molecule has 6 heteroatoms. The van der Waals surface area contributed by atoms with E-state index in [2.05, 4.69) is 30.4 Å². The van der Waals surface area contributed by atoms with Gasteiger partial charge in [-0.25, -0.2) is 0 Å². The van der Waals surface area contributed by atoms with Crippen molar-refractivity contribution in [2.45, 2.75) is 22.8 Å². The highest BCUT2D eigenvalue weighted by Gasteiger charge is 2.18. The molecule has 27 heavy (non-hydrogen) atoms. The van der Waals surface area contributed by atoms with E-state index in [0.717, 1.165) is 40.2 Å². The Bertz CT molecular complexity index is 714. The fraction of sp³-hybridized carbons (Fsp3) is 0.429. The van der Waals surface area contributed by atoms with Crippen LogP contribution < -0.4 is 19.5 Å². The third kappa shape index (κ3) is 5.50. The number of benzene rings is 2. The van der Waals surface area contributed by atoms with Crippen LogP contribution in [0.1, 0.15) is 6.92 Å². The number of nitrogens with one attached hydrogen (secondary N) is 1. The second-order valence-corrected chi connectivity index (χ2v) is 8.71. The minimum Gasteiger partial charge on any atom is -0.493 e. The summed E-state index contributed by atoms with van der Waals surface area (Å²) in [6, 6.07) is 14.6. The monoisotopic (exact) mass is 405 g/mol. The van der Waals surface area contributed by atoms with Crippen molar-refractivity contribution >= 4 is 23.5 Å². The average molecular weight is 406 g/mol. The van der Waals surface area contributed by atoms with Gasteiger partial charge in [-0.05, 0) is 36.7 Å². The molecule has 0 amide bonds. The molecule has 1 aliphatic heterocycles. The van der Waals surface area contributed by atoms with Gasteiger partial charge >= 0.3 is 0 Å². The molecule has 1 N–H and O–H groups in total. The Morgan fingerprint density at radius 2 is 2.04 bits per heavy atom. The Kier molecular flexibility index (Phi) is 7.61. The zero-order valence-electron chi connectivity index (χ0n) is 16.1. The first-order valence-corrected chi connectivity index (χ1v) is 11.1. The highest BCUT2D eigenvalue weighted by molar-refractivity contribution is 7.99. The van der Waals surface area contributed by atoms with Crippen LogP contribution in [0.15, 0.2) is 52.3 Å². The quantitative estimate of drug-likeness (QED) is 0.649. The van der Waals surface area contributed by atoms with Gasteiger partial charge in [0.05, 0.1) is 25.2 Å². The molecule has 0 spiro atoms. The topological polar surface area (TPSA) is 39.7 Å². The molecule has 2 aromatic carbocycles. The first kappa shape index (κ1) is 20.2. The number of hydrogen-bond donors (Lipinski definition) is 1. The molecule has 3 rings (SSSR count). The van der Waals surface area contributed by atoms with E-state index in [0.29, 0.717) is 18.6 Å². The molecular weight excluding hydrogens is 378 g/mol. The van der Waals surface area contributed by atoms with Crippen LogP contribution in [0.4, 0.5) is 0 Å². The molecular formula is C21H27NO3S2. The van der Waals surface area contributed by atoms with E-state index < -0.39 is 0 Å². The predicted molar refractivity (Wildman–Crippen MR) is 114 cm³/mol. The highest BCUT2D eigenvalue weighted by Crippen LogP contribution is 2.38. The number of thioether (sulfide) groups is 2. The van der Waals surface area contributed by atoms with Crippen molar-refractivity contribution in [1.29, 1.82) is 0 Å². The lowest BCUT2D eigenvalue weighted by atomic mass is 10.2. The van der Waals surface area contributed by atoms with Gasteiger partial charge in [0.2, 0.25) is 0 Å². The van der Waals surface area contributed by atoms with Gasteiger partial charge in [-0.2, -0.15) is 0 Å². The van der Waals surface area contributed by atoms with E-state index in [9.17, 15) is 0 Å². The number of para-hydroxylation sites is 2. The Labute approximate surface area is 170 Å². The number of methoxy groups -OCH3 is 2. The maximum Gasteiger partial charge on any atom is 0.174 e. The van der Waals surface area contributed by atoms with E-state index in [1.165, 1.54) is 4.90 Å². The second kappa shape index (κ2) is 10.2. The van der Waals surface area contributed by atoms with Crippen molar-refractivity contribution in [3.05, 3.63) is 42.5 Å². The van der Waals surface area contributed by atoms with Crippen LogP contribution in [-0.4, -0.2) is 44.9 Å². The van der Waals surface area contributed by atoms with E-state index in [1.54, 1.807) is 14.2 Å². The van der Waals surface area contributed by atoms with E-state index in [4.69, 9.17) is 14.2 Å². The summed E-state index contributed by atoms with van der Waals surface area (Å²) in [6.07, 6.45) is 0. The van der Waals surface area contributed by atoms with Crippen LogP contribution in [0, 0.1) is 5.92 Å². The van der Waals surface area contributed by atoms with Gasteiger partial charge in [0.15, 0.2) is 11.5 Å². The summed E-state index contributed by atoms with van der Waals surface area (Å²) in [5, 5.41) is 3.67. The Hall–Kier alpha value is -1.50. The fourth-order valence-electron chi connectivity index (χ4n) is 2.87. The molecule has 146 valence electrons. The molecule has 0 bridgehead atoms.